The second kappa shape index (κ2) is 11.7. The average molecular weight is 482 g/mol. The predicted octanol–water partition coefficient (Wildman–Crippen LogP) is 4.64. The quantitative estimate of drug-likeness (QED) is 0.431. The Morgan fingerprint density at radius 1 is 0.971 bits per heavy atom. The Morgan fingerprint density at radius 2 is 1.59 bits per heavy atom. The second-order valence-electron chi connectivity index (χ2n) is 8.38. The SMILES string of the molecule is CC(C)Oc1ccc(N(CCCC(=O)Nc2ccc(Cc3ccncc3)cc2)S(C)(=O)=O)cc1. The van der Waals surface area contributed by atoms with Crippen LogP contribution in [0.3, 0.4) is 0 Å². The smallest absolute Gasteiger partial charge is 0.232 e. The zero-order chi connectivity index (χ0) is 24.6. The Hall–Kier alpha value is -3.39. The molecule has 34 heavy (non-hydrogen) atoms. The van der Waals surface area contributed by atoms with Crippen molar-refractivity contribution in [2.75, 3.05) is 22.4 Å². The van der Waals surface area contributed by atoms with E-state index in [4.69, 9.17) is 4.74 Å². The third kappa shape index (κ3) is 7.88. The Bertz CT molecular complexity index is 1160. The number of amides is 1. The summed E-state index contributed by atoms with van der Waals surface area (Å²) in [4.78, 5) is 16.4. The number of sulfonamides is 1. The van der Waals surface area contributed by atoms with E-state index in [1.807, 2.05) is 50.2 Å². The van der Waals surface area contributed by atoms with E-state index in [0.29, 0.717) is 23.5 Å². The topological polar surface area (TPSA) is 88.6 Å². The molecule has 0 spiro atoms. The lowest BCUT2D eigenvalue weighted by atomic mass is 10.1. The Labute approximate surface area is 201 Å². The van der Waals surface area contributed by atoms with Crippen LogP contribution < -0.4 is 14.4 Å². The number of hydrogen-bond donors (Lipinski definition) is 1. The van der Waals surface area contributed by atoms with E-state index < -0.39 is 10.0 Å². The van der Waals surface area contributed by atoms with Crippen LogP contribution in [-0.4, -0.2) is 38.2 Å². The van der Waals surface area contributed by atoms with Crippen molar-refractivity contribution in [3.05, 3.63) is 84.2 Å². The monoisotopic (exact) mass is 481 g/mol. The summed E-state index contributed by atoms with van der Waals surface area (Å²) >= 11 is 0. The molecule has 1 heterocycles. The number of carbonyl (C=O) groups excluding carboxylic acids is 1. The number of benzene rings is 2. The van der Waals surface area contributed by atoms with Gasteiger partial charge in [-0.15, -0.1) is 0 Å². The highest BCUT2D eigenvalue weighted by Crippen LogP contribution is 2.23. The Balaban J connectivity index is 1.52. The summed E-state index contributed by atoms with van der Waals surface area (Å²) in [5, 5.41) is 2.88. The standard InChI is InChI=1S/C26H31N3O4S/c1-20(2)33-25-12-10-24(11-13-25)29(34(3,31)32)18-4-5-26(30)28-23-8-6-21(7-9-23)19-22-14-16-27-17-15-22/h6-17,20H,4-5,18-19H2,1-3H3,(H,28,30). The van der Waals surface area contributed by atoms with Crippen molar-refractivity contribution >= 4 is 27.3 Å². The number of pyridine rings is 1. The van der Waals surface area contributed by atoms with E-state index in [1.165, 1.54) is 16.1 Å². The molecule has 1 N–H and O–H groups in total. The van der Waals surface area contributed by atoms with Crippen molar-refractivity contribution in [1.82, 2.24) is 4.98 Å². The van der Waals surface area contributed by atoms with E-state index >= 15 is 0 Å². The van der Waals surface area contributed by atoms with E-state index in [2.05, 4.69) is 10.3 Å². The molecular formula is C26H31N3O4S. The van der Waals surface area contributed by atoms with Gasteiger partial charge >= 0.3 is 0 Å². The van der Waals surface area contributed by atoms with Crippen LogP contribution in [0.15, 0.2) is 73.1 Å². The highest BCUT2D eigenvalue weighted by Gasteiger charge is 2.18. The summed E-state index contributed by atoms with van der Waals surface area (Å²) < 4.78 is 31.6. The molecule has 180 valence electrons. The number of carbonyl (C=O) groups is 1. The Kier molecular flexibility index (Phi) is 8.65. The first-order valence-electron chi connectivity index (χ1n) is 11.2. The van der Waals surface area contributed by atoms with Crippen molar-refractivity contribution in [3.8, 4) is 5.75 Å². The van der Waals surface area contributed by atoms with Gasteiger partial charge in [0.05, 0.1) is 18.0 Å². The molecule has 0 bridgehead atoms. The molecular weight excluding hydrogens is 450 g/mol. The fourth-order valence-electron chi connectivity index (χ4n) is 3.50. The summed E-state index contributed by atoms with van der Waals surface area (Å²) in [7, 11) is -3.48. The van der Waals surface area contributed by atoms with Crippen LogP contribution in [-0.2, 0) is 21.2 Å². The zero-order valence-electron chi connectivity index (χ0n) is 19.8. The van der Waals surface area contributed by atoms with Gasteiger partial charge in [0.1, 0.15) is 5.75 Å². The van der Waals surface area contributed by atoms with Crippen molar-refractivity contribution in [3.63, 3.8) is 0 Å². The minimum absolute atomic E-state index is 0.0352. The molecule has 8 heteroatoms. The van der Waals surface area contributed by atoms with Crippen LogP contribution in [0.1, 0.15) is 37.8 Å². The molecule has 0 radical (unpaired) electrons. The van der Waals surface area contributed by atoms with Crippen molar-refractivity contribution < 1.29 is 17.9 Å². The largest absolute Gasteiger partial charge is 0.491 e. The molecule has 7 nitrogen and oxygen atoms in total. The van der Waals surface area contributed by atoms with Gasteiger partial charge in [-0.25, -0.2) is 8.42 Å². The fraction of sp³-hybridized carbons (Fsp3) is 0.308. The maximum Gasteiger partial charge on any atom is 0.232 e. The number of anilines is 2. The van der Waals surface area contributed by atoms with Crippen molar-refractivity contribution in [2.24, 2.45) is 0 Å². The first-order valence-corrected chi connectivity index (χ1v) is 13.1. The lowest BCUT2D eigenvalue weighted by Gasteiger charge is -2.22. The van der Waals surface area contributed by atoms with Gasteiger partial charge in [-0.3, -0.25) is 14.1 Å². The van der Waals surface area contributed by atoms with Gasteiger partial charge in [0, 0.05) is 31.0 Å². The number of ether oxygens (including phenoxy) is 1. The summed E-state index contributed by atoms with van der Waals surface area (Å²) in [6.07, 6.45) is 6.13. The molecule has 3 rings (SSSR count). The maximum absolute atomic E-state index is 12.4. The molecule has 1 amide bonds. The lowest BCUT2D eigenvalue weighted by molar-refractivity contribution is -0.116. The van der Waals surface area contributed by atoms with E-state index in [9.17, 15) is 13.2 Å². The lowest BCUT2D eigenvalue weighted by Crippen LogP contribution is -2.31. The molecule has 1 aromatic heterocycles. The Morgan fingerprint density at radius 3 is 2.18 bits per heavy atom. The van der Waals surface area contributed by atoms with Gasteiger partial charge in [0.15, 0.2) is 0 Å². The summed E-state index contributed by atoms with van der Waals surface area (Å²) in [5.41, 5.74) is 3.56. The van der Waals surface area contributed by atoms with Crippen molar-refractivity contribution in [1.29, 1.82) is 0 Å². The third-order valence-corrected chi connectivity index (χ3v) is 6.25. The highest BCUT2D eigenvalue weighted by atomic mass is 32.2. The number of hydrogen-bond acceptors (Lipinski definition) is 5. The molecule has 0 aliphatic rings. The maximum atomic E-state index is 12.4. The van der Waals surface area contributed by atoms with Crippen LogP contribution >= 0.6 is 0 Å². The fourth-order valence-corrected chi connectivity index (χ4v) is 4.46. The van der Waals surface area contributed by atoms with Crippen LogP contribution in [0.2, 0.25) is 0 Å². The van der Waals surface area contributed by atoms with Gasteiger partial charge in [-0.1, -0.05) is 12.1 Å². The second-order valence-corrected chi connectivity index (χ2v) is 10.3. The highest BCUT2D eigenvalue weighted by molar-refractivity contribution is 7.92. The van der Waals surface area contributed by atoms with Gasteiger partial charge in [-0.2, -0.15) is 0 Å². The normalized spacial score (nSPS) is 11.3. The molecule has 0 unspecified atom stereocenters. The molecule has 0 aliphatic heterocycles. The van der Waals surface area contributed by atoms with Gasteiger partial charge in [0.25, 0.3) is 0 Å². The van der Waals surface area contributed by atoms with Crippen LogP contribution in [0.25, 0.3) is 0 Å². The average Bonchev–Trinajstić information content (AvgIpc) is 2.78. The summed E-state index contributed by atoms with van der Waals surface area (Å²) in [6.45, 7) is 4.07. The third-order valence-electron chi connectivity index (χ3n) is 5.06. The van der Waals surface area contributed by atoms with Crippen LogP contribution in [0, 0.1) is 0 Å². The first-order chi connectivity index (χ1) is 16.2. The molecule has 0 atom stereocenters. The van der Waals surface area contributed by atoms with E-state index in [1.54, 1.807) is 36.7 Å². The molecule has 0 fully saturated rings. The van der Waals surface area contributed by atoms with Gasteiger partial charge < -0.3 is 10.1 Å². The molecule has 0 aliphatic carbocycles. The van der Waals surface area contributed by atoms with Crippen LogP contribution in [0.5, 0.6) is 5.75 Å². The number of aromatic nitrogens is 1. The van der Waals surface area contributed by atoms with Gasteiger partial charge in [0.2, 0.25) is 15.9 Å². The van der Waals surface area contributed by atoms with Gasteiger partial charge in [-0.05, 0) is 86.3 Å². The molecule has 3 aromatic rings. The number of nitrogens with one attached hydrogen (secondary N) is 1. The minimum atomic E-state index is -3.48. The minimum Gasteiger partial charge on any atom is -0.491 e. The molecule has 0 saturated carbocycles. The number of nitrogens with zero attached hydrogens (tertiary/aromatic N) is 2. The molecule has 2 aromatic carbocycles. The van der Waals surface area contributed by atoms with E-state index in [-0.39, 0.29) is 25.0 Å². The van der Waals surface area contributed by atoms with E-state index in [0.717, 1.165) is 12.0 Å². The predicted molar refractivity (Wildman–Crippen MR) is 136 cm³/mol. The number of rotatable bonds is 11. The van der Waals surface area contributed by atoms with Crippen molar-refractivity contribution in [2.45, 2.75) is 39.2 Å². The first kappa shape index (κ1) is 25.2. The summed E-state index contributed by atoms with van der Waals surface area (Å²) in [5.74, 6) is 0.523. The zero-order valence-corrected chi connectivity index (χ0v) is 20.6. The summed E-state index contributed by atoms with van der Waals surface area (Å²) in [6, 6.07) is 18.6. The van der Waals surface area contributed by atoms with Crippen LogP contribution in [0.4, 0.5) is 11.4 Å². The molecule has 0 saturated heterocycles.